The van der Waals surface area contributed by atoms with E-state index in [1.54, 1.807) is 6.20 Å². The molecule has 2 fully saturated rings. The van der Waals surface area contributed by atoms with Crippen LogP contribution in [0, 0.1) is 6.92 Å². The van der Waals surface area contributed by atoms with Gasteiger partial charge in [0, 0.05) is 75.7 Å². The fourth-order valence-corrected chi connectivity index (χ4v) is 5.48. The number of rotatable bonds is 5. The van der Waals surface area contributed by atoms with Gasteiger partial charge in [0.25, 0.3) is 0 Å². The molecule has 2 aliphatic rings. The van der Waals surface area contributed by atoms with Crippen LogP contribution in [0.5, 0.6) is 0 Å². The molecule has 2 aliphatic heterocycles. The Balaban J connectivity index is 1.20. The molecule has 4 aromatic rings. The highest BCUT2D eigenvalue weighted by Crippen LogP contribution is 2.34. The number of piperazine rings is 2. The first-order chi connectivity index (χ1) is 17.5. The van der Waals surface area contributed by atoms with Gasteiger partial charge in [0.1, 0.15) is 17.1 Å². The van der Waals surface area contributed by atoms with Crippen molar-refractivity contribution in [3.63, 3.8) is 0 Å². The normalized spacial score (nSPS) is 19.4. The number of aromatic nitrogens is 4. The van der Waals surface area contributed by atoms with Crippen molar-refractivity contribution >= 4 is 34.1 Å². The Kier molecular flexibility index (Phi) is 6.29. The topological polar surface area (TPSA) is 89.4 Å². The predicted octanol–water partition coefficient (Wildman–Crippen LogP) is 3.70. The third-order valence-electron chi connectivity index (χ3n) is 7.07. The van der Waals surface area contributed by atoms with Crippen molar-refractivity contribution in [3.8, 4) is 11.4 Å². The van der Waals surface area contributed by atoms with E-state index in [0.717, 1.165) is 86.4 Å². The van der Waals surface area contributed by atoms with E-state index >= 15 is 0 Å². The van der Waals surface area contributed by atoms with E-state index in [0.29, 0.717) is 16.7 Å². The molecule has 2 saturated heterocycles. The first-order valence-corrected chi connectivity index (χ1v) is 12.9. The molecule has 0 bridgehead atoms. The van der Waals surface area contributed by atoms with Crippen molar-refractivity contribution in [1.29, 1.82) is 0 Å². The van der Waals surface area contributed by atoms with Gasteiger partial charge in [-0.05, 0) is 38.1 Å². The molecule has 5 heterocycles. The molecule has 6 rings (SSSR count). The van der Waals surface area contributed by atoms with Gasteiger partial charge in [0.15, 0.2) is 5.65 Å². The van der Waals surface area contributed by atoms with Crippen LogP contribution in [0.15, 0.2) is 41.1 Å². The number of benzene rings is 1. The number of pyridine rings is 1. The number of nitrogens with zero attached hydrogens (tertiary/aromatic N) is 6. The van der Waals surface area contributed by atoms with Crippen LogP contribution in [0.4, 0.5) is 11.4 Å². The number of nitrogens with one attached hydrogen (secondary N) is 2. The van der Waals surface area contributed by atoms with Crippen LogP contribution in [-0.2, 0) is 6.54 Å². The van der Waals surface area contributed by atoms with Gasteiger partial charge < -0.3 is 24.6 Å². The zero-order valence-electron chi connectivity index (χ0n) is 20.7. The summed E-state index contributed by atoms with van der Waals surface area (Å²) in [5.41, 5.74) is 5.80. The lowest BCUT2D eigenvalue weighted by Crippen LogP contribution is -2.49. The molecule has 0 amide bonds. The SMILES string of the molecule is Cc1cc(CN2CCN(c3c(Cl)cnc4nc(-c5ccc(N6CCN[C@@H](C)C6)cc5)[nH]c34)CC2)no1. The summed E-state index contributed by atoms with van der Waals surface area (Å²) in [6, 6.07) is 11.1. The van der Waals surface area contributed by atoms with Gasteiger partial charge in [-0.3, -0.25) is 4.90 Å². The Morgan fingerprint density at radius 2 is 1.89 bits per heavy atom. The number of hydrogen-bond acceptors (Lipinski definition) is 8. The summed E-state index contributed by atoms with van der Waals surface area (Å²) in [6.45, 7) is 11.5. The van der Waals surface area contributed by atoms with E-state index in [2.05, 4.69) is 66.3 Å². The van der Waals surface area contributed by atoms with E-state index in [1.807, 2.05) is 13.0 Å². The van der Waals surface area contributed by atoms with Gasteiger partial charge in [0.2, 0.25) is 0 Å². The Morgan fingerprint density at radius 1 is 1.08 bits per heavy atom. The van der Waals surface area contributed by atoms with Gasteiger partial charge in [-0.1, -0.05) is 16.8 Å². The first kappa shape index (κ1) is 23.3. The minimum Gasteiger partial charge on any atom is -0.369 e. The molecule has 0 radical (unpaired) electrons. The molecule has 10 heteroatoms. The smallest absolute Gasteiger partial charge is 0.180 e. The van der Waals surface area contributed by atoms with Gasteiger partial charge >= 0.3 is 0 Å². The highest BCUT2D eigenvalue weighted by molar-refractivity contribution is 6.34. The molecular formula is C26H31ClN8O. The molecule has 188 valence electrons. The summed E-state index contributed by atoms with van der Waals surface area (Å²) < 4.78 is 5.21. The van der Waals surface area contributed by atoms with Crippen LogP contribution in [0.1, 0.15) is 18.4 Å². The zero-order valence-corrected chi connectivity index (χ0v) is 21.4. The maximum absolute atomic E-state index is 6.68. The summed E-state index contributed by atoms with van der Waals surface area (Å²) in [5, 5.41) is 8.27. The highest BCUT2D eigenvalue weighted by Gasteiger charge is 2.24. The molecule has 3 aromatic heterocycles. The molecule has 9 nitrogen and oxygen atoms in total. The van der Waals surface area contributed by atoms with Gasteiger partial charge in [-0.25, -0.2) is 9.97 Å². The number of H-pyrrole nitrogens is 1. The Bertz CT molecular complexity index is 1340. The van der Waals surface area contributed by atoms with Crippen molar-refractivity contribution in [2.75, 3.05) is 55.6 Å². The first-order valence-electron chi connectivity index (χ1n) is 12.6. The molecule has 1 aromatic carbocycles. The lowest BCUT2D eigenvalue weighted by molar-refractivity contribution is 0.242. The fourth-order valence-electron chi connectivity index (χ4n) is 5.21. The third-order valence-corrected chi connectivity index (χ3v) is 7.35. The maximum Gasteiger partial charge on any atom is 0.180 e. The maximum atomic E-state index is 6.68. The third kappa shape index (κ3) is 4.66. The van der Waals surface area contributed by atoms with Crippen LogP contribution in [-0.4, -0.2) is 76.9 Å². The zero-order chi connectivity index (χ0) is 24.6. The van der Waals surface area contributed by atoms with E-state index < -0.39 is 0 Å². The van der Waals surface area contributed by atoms with Gasteiger partial charge in [-0.15, -0.1) is 0 Å². The molecule has 2 N–H and O–H groups in total. The summed E-state index contributed by atoms with van der Waals surface area (Å²) in [6.07, 6.45) is 1.71. The quantitative estimate of drug-likeness (QED) is 0.423. The molecule has 0 spiro atoms. The minimum absolute atomic E-state index is 0.497. The number of anilines is 2. The van der Waals surface area contributed by atoms with E-state index in [4.69, 9.17) is 21.1 Å². The number of aryl methyl sites for hydroxylation is 1. The summed E-state index contributed by atoms with van der Waals surface area (Å²) >= 11 is 6.68. The second-order valence-corrected chi connectivity index (χ2v) is 10.2. The summed E-state index contributed by atoms with van der Waals surface area (Å²) in [7, 11) is 0. The lowest BCUT2D eigenvalue weighted by Gasteiger charge is -2.36. The number of aromatic amines is 1. The van der Waals surface area contributed by atoms with Crippen molar-refractivity contribution in [2.45, 2.75) is 26.4 Å². The Hall–Kier alpha value is -3.14. The number of hydrogen-bond donors (Lipinski definition) is 2. The summed E-state index contributed by atoms with van der Waals surface area (Å²) in [4.78, 5) is 20.0. The van der Waals surface area contributed by atoms with E-state index in [-0.39, 0.29) is 0 Å². The van der Waals surface area contributed by atoms with Gasteiger partial charge in [-0.2, -0.15) is 0 Å². The lowest BCUT2D eigenvalue weighted by atomic mass is 10.1. The second kappa shape index (κ2) is 9.72. The molecule has 0 unspecified atom stereocenters. The molecule has 0 saturated carbocycles. The van der Waals surface area contributed by atoms with Gasteiger partial charge in [0.05, 0.1) is 22.6 Å². The number of imidazole rings is 1. The molecule has 1 atom stereocenters. The minimum atomic E-state index is 0.497. The Morgan fingerprint density at radius 3 is 2.61 bits per heavy atom. The standard InChI is InChI=1S/C26H31ClN8O/c1-17-15-35(8-7-28-17)21-5-3-19(4-6-21)25-30-23-24(22(27)14-29-26(23)31-25)34-11-9-33(10-12-34)16-20-13-18(2)36-32-20/h3-6,13-14,17,28H,7-12,15-16H2,1-2H3,(H,29,30,31)/t17-/m0/s1. The van der Waals surface area contributed by atoms with Crippen molar-refractivity contribution in [3.05, 3.63) is 53.0 Å². The average molecular weight is 507 g/mol. The largest absolute Gasteiger partial charge is 0.369 e. The number of halogens is 1. The Labute approximate surface area is 215 Å². The van der Waals surface area contributed by atoms with E-state index in [1.165, 1.54) is 5.69 Å². The summed E-state index contributed by atoms with van der Waals surface area (Å²) in [5.74, 6) is 1.65. The predicted molar refractivity (Wildman–Crippen MR) is 143 cm³/mol. The van der Waals surface area contributed by atoms with Crippen molar-refractivity contribution < 1.29 is 4.52 Å². The van der Waals surface area contributed by atoms with Crippen LogP contribution >= 0.6 is 11.6 Å². The van der Waals surface area contributed by atoms with Crippen LogP contribution in [0.25, 0.3) is 22.6 Å². The molecule has 0 aliphatic carbocycles. The fraction of sp³-hybridized carbons (Fsp3) is 0.423. The molecule has 36 heavy (non-hydrogen) atoms. The van der Waals surface area contributed by atoms with E-state index in [9.17, 15) is 0 Å². The van der Waals surface area contributed by atoms with Crippen LogP contribution in [0.2, 0.25) is 5.02 Å². The molecular weight excluding hydrogens is 476 g/mol. The average Bonchev–Trinajstić information content (AvgIpc) is 3.51. The number of fused-ring (bicyclic) bond motifs is 1. The van der Waals surface area contributed by atoms with Crippen LogP contribution in [0.3, 0.4) is 0 Å². The second-order valence-electron chi connectivity index (χ2n) is 9.78. The van der Waals surface area contributed by atoms with Crippen molar-refractivity contribution in [2.24, 2.45) is 0 Å². The van der Waals surface area contributed by atoms with Crippen molar-refractivity contribution in [1.82, 2.24) is 30.3 Å². The highest BCUT2D eigenvalue weighted by atomic mass is 35.5. The van der Waals surface area contributed by atoms with Crippen LogP contribution < -0.4 is 15.1 Å². The monoisotopic (exact) mass is 506 g/mol.